The molecule has 0 saturated heterocycles. The standard InChI is InChI=1S/C15H22BrN3/c1-5-10-18-14(17-4)19-11-15(2,3)12-6-8-13(16)9-7-12/h5-9H,1,10-11H2,2-4H3,(H2,17,18,19). The number of benzene rings is 1. The Kier molecular flexibility index (Phi) is 6.09. The monoisotopic (exact) mass is 323 g/mol. The lowest BCUT2D eigenvalue weighted by Gasteiger charge is -2.26. The Bertz CT molecular complexity index is 435. The molecule has 0 heterocycles. The van der Waals surface area contributed by atoms with E-state index in [1.165, 1.54) is 5.56 Å². The van der Waals surface area contributed by atoms with Crippen molar-refractivity contribution in [2.24, 2.45) is 4.99 Å². The second-order valence-corrected chi connectivity index (χ2v) is 5.90. The number of rotatable bonds is 5. The molecule has 4 heteroatoms. The highest BCUT2D eigenvalue weighted by Crippen LogP contribution is 2.23. The Morgan fingerprint density at radius 2 is 1.95 bits per heavy atom. The summed E-state index contributed by atoms with van der Waals surface area (Å²) in [6, 6.07) is 8.43. The Balaban J connectivity index is 2.63. The van der Waals surface area contributed by atoms with E-state index in [0.717, 1.165) is 17.0 Å². The summed E-state index contributed by atoms with van der Waals surface area (Å²) in [7, 11) is 1.77. The van der Waals surface area contributed by atoms with E-state index >= 15 is 0 Å². The van der Waals surface area contributed by atoms with Crippen LogP contribution in [0.2, 0.25) is 0 Å². The zero-order valence-corrected chi connectivity index (χ0v) is 13.4. The van der Waals surface area contributed by atoms with E-state index in [-0.39, 0.29) is 5.41 Å². The predicted octanol–water partition coefficient (Wildman–Crippen LogP) is 3.08. The molecule has 0 unspecified atom stereocenters. The molecule has 19 heavy (non-hydrogen) atoms. The molecule has 104 valence electrons. The van der Waals surface area contributed by atoms with Crippen LogP contribution in [0.4, 0.5) is 0 Å². The van der Waals surface area contributed by atoms with Gasteiger partial charge in [0.1, 0.15) is 0 Å². The summed E-state index contributed by atoms with van der Waals surface area (Å²) in [6.45, 7) is 9.62. The minimum Gasteiger partial charge on any atom is -0.356 e. The lowest BCUT2D eigenvalue weighted by atomic mass is 9.85. The Labute approximate surface area is 124 Å². The molecule has 0 radical (unpaired) electrons. The van der Waals surface area contributed by atoms with Crippen molar-refractivity contribution in [2.75, 3.05) is 20.1 Å². The van der Waals surface area contributed by atoms with Crippen LogP contribution < -0.4 is 10.6 Å². The number of hydrogen-bond donors (Lipinski definition) is 2. The van der Waals surface area contributed by atoms with E-state index in [1.54, 1.807) is 7.05 Å². The molecule has 1 aromatic rings. The normalized spacial score (nSPS) is 12.1. The molecule has 0 aromatic heterocycles. The summed E-state index contributed by atoms with van der Waals surface area (Å²) in [5.41, 5.74) is 1.33. The summed E-state index contributed by atoms with van der Waals surface area (Å²) in [5, 5.41) is 6.50. The maximum absolute atomic E-state index is 4.18. The Morgan fingerprint density at radius 3 is 2.47 bits per heavy atom. The van der Waals surface area contributed by atoms with Crippen molar-refractivity contribution >= 4 is 21.9 Å². The quantitative estimate of drug-likeness (QED) is 0.496. The molecular formula is C15H22BrN3. The molecule has 3 nitrogen and oxygen atoms in total. The first-order valence-electron chi connectivity index (χ1n) is 6.31. The first kappa shape index (κ1) is 15.8. The van der Waals surface area contributed by atoms with Gasteiger partial charge >= 0.3 is 0 Å². The Morgan fingerprint density at radius 1 is 1.32 bits per heavy atom. The van der Waals surface area contributed by atoms with Gasteiger partial charge in [0, 0.05) is 30.0 Å². The first-order chi connectivity index (χ1) is 8.99. The minimum atomic E-state index is 0.0342. The zero-order valence-electron chi connectivity index (χ0n) is 11.8. The maximum atomic E-state index is 4.18. The third-order valence-corrected chi connectivity index (χ3v) is 3.49. The smallest absolute Gasteiger partial charge is 0.191 e. The fourth-order valence-corrected chi connectivity index (χ4v) is 1.96. The molecule has 0 spiro atoms. The third-order valence-electron chi connectivity index (χ3n) is 2.96. The van der Waals surface area contributed by atoms with Crippen LogP contribution >= 0.6 is 15.9 Å². The van der Waals surface area contributed by atoms with Crippen LogP contribution in [-0.4, -0.2) is 26.1 Å². The van der Waals surface area contributed by atoms with E-state index < -0.39 is 0 Å². The van der Waals surface area contributed by atoms with Gasteiger partial charge < -0.3 is 10.6 Å². The number of aliphatic imine (C=N–C) groups is 1. The maximum Gasteiger partial charge on any atom is 0.191 e. The van der Waals surface area contributed by atoms with Crippen molar-refractivity contribution in [1.82, 2.24) is 10.6 Å². The highest BCUT2D eigenvalue weighted by atomic mass is 79.9. The average molecular weight is 324 g/mol. The number of hydrogen-bond acceptors (Lipinski definition) is 1. The number of nitrogens with zero attached hydrogens (tertiary/aromatic N) is 1. The van der Waals surface area contributed by atoms with E-state index in [0.29, 0.717) is 6.54 Å². The van der Waals surface area contributed by atoms with Crippen LogP contribution in [0, 0.1) is 0 Å². The summed E-state index contributed by atoms with van der Waals surface area (Å²) in [5.74, 6) is 0.796. The lowest BCUT2D eigenvalue weighted by molar-refractivity contribution is 0.509. The Hall–Kier alpha value is -1.29. The molecule has 0 fully saturated rings. The fourth-order valence-electron chi connectivity index (χ4n) is 1.70. The number of guanidine groups is 1. The molecule has 0 aliphatic rings. The van der Waals surface area contributed by atoms with Crippen molar-refractivity contribution in [3.63, 3.8) is 0 Å². The average Bonchev–Trinajstić information content (AvgIpc) is 2.39. The van der Waals surface area contributed by atoms with Gasteiger partial charge in [-0.25, -0.2) is 0 Å². The van der Waals surface area contributed by atoms with Crippen molar-refractivity contribution in [2.45, 2.75) is 19.3 Å². The van der Waals surface area contributed by atoms with Crippen molar-refractivity contribution in [3.8, 4) is 0 Å². The van der Waals surface area contributed by atoms with Gasteiger partial charge in [-0.3, -0.25) is 4.99 Å². The topological polar surface area (TPSA) is 36.4 Å². The van der Waals surface area contributed by atoms with Crippen LogP contribution in [-0.2, 0) is 5.41 Å². The molecular weight excluding hydrogens is 302 g/mol. The summed E-state index contributed by atoms with van der Waals surface area (Å²) >= 11 is 3.46. The van der Waals surface area contributed by atoms with E-state index in [1.807, 2.05) is 6.08 Å². The molecule has 1 rings (SSSR count). The third kappa shape index (κ3) is 5.07. The van der Waals surface area contributed by atoms with Crippen LogP contribution in [0.3, 0.4) is 0 Å². The zero-order chi connectivity index (χ0) is 14.3. The first-order valence-corrected chi connectivity index (χ1v) is 7.10. The molecule has 0 aliphatic carbocycles. The summed E-state index contributed by atoms with van der Waals surface area (Å²) < 4.78 is 1.10. The van der Waals surface area contributed by atoms with Crippen molar-refractivity contribution in [1.29, 1.82) is 0 Å². The van der Waals surface area contributed by atoms with Gasteiger partial charge in [-0.05, 0) is 17.7 Å². The molecule has 2 N–H and O–H groups in total. The summed E-state index contributed by atoms with van der Waals surface area (Å²) in [6.07, 6.45) is 1.81. The fraction of sp³-hybridized carbons (Fsp3) is 0.400. The van der Waals surface area contributed by atoms with Crippen LogP contribution in [0.1, 0.15) is 19.4 Å². The van der Waals surface area contributed by atoms with E-state index in [9.17, 15) is 0 Å². The highest BCUT2D eigenvalue weighted by molar-refractivity contribution is 9.10. The molecule has 0 amide bonds. The molecule has 0 bridgehead atoms. The van der Waals surface area contributed by atoms with Crippen LogP contribution in [0.25, 0.3) is 0 Å². The summed E-state index contributed by atoms with van der Waals surface area (Å²) in [4.78, 5) is 4.18. The molecule has 0 aliphatic heterocycles. The second kappa shape index (κ2) is 7.34. The van der Waals surface area contributed by atoms with Gasteiger partial charge in [0.15, 0.2) is 5.96 Å². The van der Waals surface area contributed by atoms with Crippen LogP contribution in [0.15, 0.2) is 46.4 Å². The number of halogens is 1. The van der Waals surface area contributed by atoms with Crippen molar-refractivity contribution < 1.29 is 0 Å². The van der Waals surface area contributed by atoms with Gasteiger partial charge in [0.05, 0.1) is 0 Å². The second-order valence-electron chi connectivity index (χ2n) is 4.99. The van der Waals surface area contributed by atoms with Crippen LogP contribution in [0.5, 0.6) is 0 Å². The largest absolute Gasteiger partial charge is 0.356 e. The predicted molar refractivity (Wildman–Crippen MR) is 86.7 cm³/mol. The number of nitrogens with one attached hydrogen (secondary N) is 2. The molecule has 0 atom stereocenters. The molecule has 0 saturated carbocycles. The van der Waals surface area contributed by atoms with Gasteiger partial charge in [0.25, 0.3) is 0 Å². The molecule has 1 aromatic carbocycles. The minimum absolute atomic E-state index is 0.0342. The van der Waals surface area contributed by atoms with E-state index in [4.69, 9.17) is 0 Å². The van der Waals surface area contributed by atoms with Gasteiger partial charge in [-0.15, -0.1) is 6.58 Å². The van der Waals surface area contributed by atoms with Gasteiger partial charge in [-0.1, -0.05) is 48.0 Å². The van der Waals surface area contributed by atoms with E-state index in [2.05, 4.69) is 76.2 Å². The highest BCUT2D eigenvalue weighted by Gasteiger charge is 2.20. The SMILES string of the molecule is C=CCNC(=NC)NCC(C)(C)c1ccc(Br)cc1. The van der Waals surface area contributed by atoms with Gasteiger partial charge in [-0.2, -0.15) is 0 Å². The van der Waals surface area contributed by atoms with Crippen molar-refractivity contribution in [3.05, 3.63) is 47.0 Å². The van der Waals surface area contributed by atoms with Gasteiger partial charge in [0.2, 0.25) is 0 Å². The lowest BCUT2D eigenvalue weighted by Crippen LogP contribution is -2.43.